The van der Waals surface area contributed by atoms with Crippen LogP contribution in [-0.4, -0.2) is 32.5 Å². The van der Waals surface area contributed by atoms with Crippen LogP contribution in [0.25, 0.3) is 0 Å². The average molecular weight is 311 g/mol. The fourth-order valence-electron chi connectivity index (χ4n) is 1.90. The Morgan fingerprint density at radius 2 is 1.81 bits per heavy atom. The van der Waals surface area contributed by atoms with E-state index >= 15 is 0 Å². The molecule has 2 N–H and O–H groups in total. The molecule has 1 aromatic carbocycles. The molecule has 116 valence electrons. The van der Waals surface area contributed by atoms with Gasteiger partial charge >= 0.3 is 5.97 Å². The summed E-state index contributed by atoms with van der Waals surface area (Å²) in [5.41, 5.74) is 0.129. The summed E-state index contributed by atoms with van der Waals surface area (Å²) in [6.07, 6.45) is 1.84. The van der Waals surface area contributed by atoms with Gasteiger partial charge in [-0.1, -0.05) is 13.3 Å². The number of hydrogen-bond donors (Lipinski definition) is 2. The Kier molecular flexibility index (Phi) is 6.55. The van der Waals surface area contributed by atoms with Crippen LogP contribution in [0, 0.1) is 0 Å². The first-order valence-electron chi connectivity index (χ1n) is 6.91. The molecule has 0 aliphatic carbocycles. The van der Waals surface area contributed by atoms with Crippen LogP contribution in [0.15, 0.2) is 29.2 Å². The summed E-state index contributed by atoms with van der Waals surface area (Å²) >= 11 is 0. The van der Waals surface area contributed by atoms with Crippen molar-refractivity contribution in [3.05, 3.63) is 29.8 Å². The molecule has 1 rings (SSSR count). The van der Waals surface area contributed by atoms with Crippen molar-refractivity contribution in [2.75, 3.05) is 0 Å². The topological polar surface area (TPSA) is 83.5 Å². The summed E-state index contributed by atoms with van der Waals surface area (Å²) in [4.78, 5) is 23.2. The highest BCUT2D eigenvalue weighted by Gasteiger charge is 2.22. The Bertz CT molecular complexity index is 527. The molecular formula is C15H21NO4S. The van der Waals surface area contributed by atoms with Gasteiger partial charge in [0.05, 0.1) is 16.4 Å². The second kappa shape index (κ2) is 7.93. The fraction of sp³-hybridized carbons (Fsp3) is 0.467. The summed E-state index contributed by atoms with van der Waals surface area (Å²) in [7, 11) is -1.51. The molecule has 0 radical (unpaired) electrons. The zero-order chi connectivity index (χ0) is 16.0. The lowest BCUT2D eigenvalue weighted by Gasteiger charge is -2.17. The molecule has 5 nitrogen and oxygen atoms in total. The third-order valence-corrected chi connectivity index (χ3v) is 4.73. The van der Waals surface area contributed by atoms with E-state index in [1.165, 1.54) is 24.3 Å². The van der Waals surface area contributed by atoms with Crippen LogP contribution in [0.1, 0.15) is 44.0 Å². The predicted octanol–water partition coefficient (Wildman–Crippen LogP) is 2.19. The van der Waals surface area contributed by atoms with E-state index in [0.29, 0.717) is 4.90 Å². The van der Waals surface area contributed by atoms with Gasteiger partial charge in [-0.15, -0.1) is 0 Å². The molecule has 0 aliphatic heterocycles. The van der Waals surface area contributed by atoms with Gasteiger partial charge in [-0.3, -0.25) is 9.00 Å². The van der Waals surface area contributed by atoms with Crippen LogP contribution in [0.4, 0.5) is 0 Å². The maximum Gasteiger partial charge on any atom is 0.335 e. The van der Waals surface area contributed by atoms with Gasteiger partial charge < -0.3 is 10.4 Å². The second-order valence-electron chi connectivity index (χ2n) is 4.97. The van der Waals surface area contributed by atoms with Crippen LogP contribution in [0.2, 0.25) is 0 Å². The number of carboxylic acids is 1. The van der Waals surface area contributed by atoms with Gasteiger partial charge in [-0.2, -0.15) is 0 Å². The monoisotopic (exact) mass is 311 g/mol. The number of nitrogens with one attached hydrogen (secondary N) is 1. The van der Waals surface area contributed by atoms with Gasteiger partial charge in [0.25, 0.3) is 0 Å². The molecule has 0 fully saturated rings. The predicted molar refractivity (Wildman–Crippen MR) is 81.8 cm³/mol. The minimum Gasteiger partial charge on any atom is -0.478 e. The van der Waals surface area contributed by atoms with Crippen LogP contribution in [-0.2, 0) is 15.6 Å². The number of carbonyl (C=O) groups excluding carboxylic acids is 1. The molecule has 1 aromatic rings. The Balaban J connectivity index is 2.73. The molecule has 0 saturated heterocycles. The summed E-state index contributed by atoms with van der Waals surface area (Å²) < 4.78 is 12.3. The maximum atomic E-state index is 12.3. The highest BCUT2D eigenvalue weighted by molar-refractivity contribution is 7.86. The fourth-order valence-corrected chi connectivity index (χ4v) is 2.97. The van der Waals surface area contributed by atoms with Crippen LogP contribution < -0.4 is 5.32 Å². The lowest BCUT2D eigenvalue weighted by molar-refractivity contribution is -0.121. The van der Waals surface area contributed by atoms with Gasteiger partial charge in [0.15, 0.2) is 0 Å². The Labute approximate surface area is 127 Å². The molecule has 0 bridgehead atoms. The summed E-state index contributed by atoms with van der Waals surface area (Å²) in [6.45, 7) is 5.56. The van der Waals surface area contributed by atoms with Crippen LogP contribution in [0.5, 0.6) is 0 Å². The van der Waals surface area contributed by atoms with Crippen molar-refractivity contribution in [1.29, 1.82) is 0 Å². The molecule has 0 spiro atoms. The number of amides is 1. The van der Waals surface area contributed by atoms with E-state index < -0.39 is 22.0 Å². The first-order chi connectivity index (χ1) is 9.86. The maximum absolute atomic E-state index is 12.3. The molecule has 1 amide bonds. The van der Waals surface area contributed by atoms with Gasteiger partial charge in [0, 0.05) is 10.9 Å². The third kappa shape index (κ3) is 4.97. The summed E-state index contributed by atoms with van der Waals surface area (Å²) in [5.74, 6) is -1.29. The van der Waals surface area contributed by atoms with E-state index in [0.717, 1.165) is 12.8 Å². The number of benzene rings is 1. The summed E-state index contributed by atoms with van der Waals surface area (Å²) in [5, 5.41) is 11.0. The minimum atomic E-state index is -1.51. The second-order valence-corrected chi connectivity index (χ2v) is 6.74. The van der Waals surface area contributed by atoms with Crippen molar-refractivity contribution in [3.63, 3.8) is 0 Å². The molecule has 3 unspecified atom stereocenters. The van der Waals surface area contributed by atoms with E-state index in [-0.39, 0.29) is 17.5 Å². The molecule has 0 aliphatic rings. The van der Waals surface area contributed by atoms with E-state index in [4.69, 9.17) is 5.11 Å². The van der Waals surface area contributed by atoms with Crippen molar-refractivity contribution < 1.29 is 18.9 Å². The van der Waals surface area contributed by atoms with Gasteiger partial charge in [0.1, 0.15) is 5.25 Å². The standard InChI is InChI=1S/C15H21NO4S/c1-4-5-10(2)16-14(17)11(3)21(20)13-8-6-12(7-9-13)15(18)19/h6-11H,4-5H2,1-3H3,(H,16,17)(H,18,19). The van der Waals surface area contributed by atoms with E-state index in [1.807, 2.05) is 13.8 Å². The van der Waals surface area contributed by atoms with E-state index in [1.54, 1.807) is 6.92 Å². The van der Waals surface area contributed by atoms with Gasteiger partial charge in [0.2, 0.25) is 5.91 Å². The molecule has 0 aromatic heterocycles. The molecule has 0 saturated carbocycles. The highest BCUT2D eigenvalue weighted by Crippen LogP contribution is 2.13. The third-order valence-electron chi connectivity index (χ3n) is 3.13. The van der Waals surface area contributed by atoms with Crippen molar-refractivity contribution in [2.24, 2.45) is 0 Å². The largest absolute Gasteiger partial charge is 0.478 e. The Morgan fingerprint density at radius 3 is 2.29 bits per heavy atom. The van der Waals surface area contributed by atoms with Crippen molar-refractivity contribution >= 4 is 22.7 Å². The minimum absolute atomic E-state index is 0.0522. The van der Waals surface area contributed by atoms with Gasteiger partial charge in [-0.05, 0) is 44.5 Å². The zero-order valence-corrected chi connectivity index (χ0v) is 13.3. The first kappa shape index (κ1) is 17.4. The SMILES string of the molecule is CCCC(C)NC(=O)C(C)S(=O)c1ccc(C(=O)O)cc1. The molecular weight excluding hydrogens is 290 g/mol. The van der Waals surface area contributed by atoms with Crippen molar-refractivity contribution in [3.8, 4) is 0 Å². The molecule has 3 atom stereocenters. The van der Waals surface area contributed by atoms with Gasteiger partial charge in [-0.25, -0.2) is 4.79 Å². The quantitative estimate of drug-likeness (QED) is 0.808. The zero-order valence-electron chi connectivity index (χ0n) is 12.5. The number of rotatable bonds is 7. The number of carbonyl (C=O) groups is 2. The molecule has 21 heavy (non-hydrogen) atoms. The number of aromatic carboxylic acids is 1. The Morgan fingerprint density at radius 1 is 1.24 bits per heavy atom. The van der Waals surface area contributed by atoms with Crippen LogP contribution >= 0.6 is 0 Å². The Hall–Kier alpha value is -1.69. The molecule has 0 heterocycles. The van der Waals surface area contributed by atoms with E-state index in [9.17, 15) is 13.8 Å². The summed E-state index contributed by atoms with van der Waals surface area (Å²) in [6, 6.07) is 5.80. The van der Waals surface area contributed by atoms with Crippen LogP contribution in [0.3, 0.4) is 0 Å². The van der Waals surface area contributed by atoms with Crippen molar-refractivity contribution in [1.82, 2.24) is 5.32 Å². The lowest BCUT2D eigenvalue weighted by atomic mass is 10.2. The number of carboxylic acid groups (broad SMARTS) is 1. The van der Waals surface area contributed by atoms with Crippen molar-refractivity contribution in [2.45, 2.75) is 49.8 Å². The van der Waals surface area contributed by atoms with E-state index in [2.05, 4.69) is 5.32 Å². The number of hydrogen-bond acceptors (Lipinski definition) is 3. The normalized spacial score (nSPS) is 15.0. The molecule has 6 heteroatoms. The average Bonchev–Trinajstić information content (AvgIpc) is 2.45. The smallest absolute Gasteiger partial charge is 0.335 e. The first-order valence-corrected chi connectivity index (χ1v) is 8.12. The highest BCUT2D eigenvalue weighted by atomic mass is 32.2. The lowest BCUT2D eigenvalue weighted by Crippen LogP contribution is -2.40.